The molecule has 256 valence electrons. The van der Waals surface area contributed by atoms with E-state index >= 15 is 4.39 Å². The van der Waals surface area contributed by atoms with Crippen LogP contribution in [0.15, 0.2) is 47.8 Å². The van der Waals surface area contributed by atoms with Crippen LogP contribution < -0.4 is 11.1 Å². The van der Waals surface area contributed by atoms with Crippen molar-refractivity contribution in [1.82, 2.24) is 15.1 Å². The van der Waals surface area contributed by atoms with E-state index in [0.717, 1.165) is 60.4 Å². The highest BCUT2D eigenvalue weighted by atomic mass is 35.5. The van der Waals surface area contributed by atoms with Gasteiger partial charge in [0.15, 0.2) is 5.78 Å². The Morgan fingerprint density at radius 1 is 1.24 bits per heavy atom. The van der Waals surface area contributed by atoms with Crippen LogP contribution in [0.2, 0.25) is 5.02 Å². The minimum absolute atomic E-state index is 0.00349. The zero-order valence-corrected chi connectivity index (χ0v) is 30.3. The number of carbonyl (C=O) groups excluding carboxylic acids is 1. The first-order valence-corrected chi connectivity index (χ1v) is 17.6. The van der Waals surface area contributed by atoms with Crippen LogP contribution in [0.3, 0.4) is 0 Å². The SMILES string of the molecule is C=C(C)c1c(Cl)c(-c2ccc(F)c3sc(N)c(C#N)c23)c2c(c1C(=N[C@@H]1CCCC/C(C)=C/C1=O)NC(=C)N1CC(C)(N(C)C)C1)COC2. The highest BCUT2D eigenvalue weighted by Crippen LogP contribution is 2.49. The molecule has 0 saturated carbocycles. The van der Waals surface area contributed by atoms with E-state index in [9.17, 15) is 10.1 Å². The molecule has 0 unspecified atom stereocenters. The van der Waals surface area contributed by atoms with Gasteiger partial charge in [-0.1, -0.05) is 42.8 Å². The zero-order chi connectivity index (χ0) is 35.4. The molecule has 11 heteroatoms. The molecule has 0 radical (unpaired) electrons. The second-order valence-corrected chi connectivity index (χ2v) is 15.3. The van der Waals surface area contributed by atoms with Crippen LogP contribution in [-0.4, -0.2) is 60.2 Å². The number of hydrogen-bond acceptors (Lipinski definition) is 8. The van der Waals surface area contributed by atoms with Crippen molar-refractivity contribution >= 4 is 55.2 Å². The van der Waals surface area contributed by atoms with Crippen molar-refractivity contribution < 1.29 is 13.9 Å². The van der Waals surface area contributed by atoms with Crippen molar-refractivity contribution in [3.8, 4) is 17.2 Å². The predicted octanol–water partition coefficient (Wildman–Crippen LogP) is 7.78. The number of anilines is 1. The first kappa shape index (κ1) is 34.8. The van der Waals surface area contributed by atoms with Crippen LogP contribution in [0, 0.1) is 17.1 Å². The fourth-order valence-electron chi connectivity index (χ4n) is 7.05. The molecular formula is C38H42ClFN6O2S. The minimum Gasteiger partial charge on any atom is -0.389 e. The fourth-order valence-corrected chi connectivity index (χ4v) is 8.47. The molecule has 49 heavy (non-hydrogen) atoms. The Bertz CT molecular complexity index is 2020. The summed E-state index contributed by atoms with van der Waals surface area (Å²) >= 11 is 8.49. The van der Waals surface area contributed by atoms with Crippen LogP contribution >= 0.6 is 22.9 Å². The number of fused-ring (bicyclic) bond motifs is 2. The van der Waals surface area contributed by atoms with E-state index in [2.05, 4.69) is 55.4 Å². The number of nitrogens with one attached hydrogen (secondary N) is 1. The summed E-state index contributed by atoms with van der Waals surface area (Å²) in [5.41, 5.74) is 12.3. The molecule has 1 aliphatic carbocycles. The standard InChI is InChI=1S/C38H42ClFN6O2S/c1-20(2)30-33(26-17-48-16-25(26)31(34(30)39)23-12-13-27(40)35-32(23)24(15-41)36(42)49-35)37(43-22(4)46-18-38(5,19-46)45(6)7)44-28-11-9-8-10-21(3)14-29(28)47/h12-14,28H,1,4,8-11,16-19,42H2,2-3,5-7H3,(H,43,44)/b21-14+/t28-/m1/s1. The molecule has 1 saturated heterocycles. The first-order chi connectivity index (χ1) is 23.2. The Morgan fingerprint density at radius 3 is 2.63 bits per heavy atom. The summed E-state index contributed by atoms with van der Waals surface area (Å²) in [6.45, 7) is 16.8. The van der Waals surface area contributed by atoms with Gasteiger partial charge in [0.1, 0.15) is 28.8 Å². The van der Waals surface area contributed by atoms with Gasteiger partial charge in [-0.2, -0.15) is 5.26 Å². The summed E-state index contributed by atoms with van der Waals surface area (Å²) in [5.74, 6) is 0.644. The molecule has 1 atom stereocenters. The highest BCUT2D eigenvalue weighted by molar-refractivity contribution is 7.23. The largest absolute Gasteiger partial charge is 0.389 e. The minimum atomic E-state index is -0.605. The van der Waals surface area contributed by atoms with Gasteiger partial charge in [0.05, 0.1) is 39.9 Å². The summed E-state index contributed by atoms with van der Waals surface area (Å²) < 4.78 is 21.5. The van der Waals surface area contributed by atoms with Crippen LogP contribution in [-0.2, 0) is 22.7 Å². The Hall–Kier alpha value is -4.01. The average molecular weight is 701 g/mol. The molecule has 0 spiro atoms. The lowest BCUT2D eigenvalue weighted by Gasteiger charge is -2.53. The molecular weight excluding hydrogens is 659 g/mol. The number of likely N-dealkylation sites (N-methyl/N-ethyl adjacent to an activating group) is 1. The topological polar surface area (TPSA) is 107 Å². The number of nitrogens with two attached hydrogens (primary N) is 1. The van der Waals surface area contributed by atoms with E-state index in [4.69, 9.17) is 27.1 Å². The lowest BCUT2D eigenvalue weighted by molar-refractivity contribution is -0.116. The lowest BCUT2D eigenvalue weighted by atomic mass is 9.85. The van der Waals surface area contributed by atoms with Gasteiger partial charge in [0, 0.05) is 35.2 Å². The molecule has 1 aromatic heterocycles. The van der Waals surface area contributed by atoms with Crippen LogP contribution in [0.25, 0.3) is 26.8 Å². The third-order valence-corrected chi connectivity index (χ3v) is 11.5. The summed E-state index contributed by atoms with van der Waals surface area (Å²) in [6.07, 6.45) is 5.08. The van der Waals surface area contributed by atoms with E-state index in [1.165, 1.54) is 6.07 Å². The van der Waals surface area contributed by atoms with E-state index < -0.39 is 11.9 Å². The van der Waals surface area contributed by atoms with E-state index in [0.29, 0.717) is 61.0 Å². The number of thiophene rings is 1. The lowest BCUT2D eigenvalue weighted by Crippen LogP contribution is -2.67. The maximum atomic E-state index is 15.1. The number of aliphatic imine (C=N–C) groups is 1. The van der Waals surface area contributed by atoms with E-state index in [1.807, 2.05) is 13.8 Å². The number of rotatable bonds is 7. The third kappa shape index (κ3) is 6.18. The van der Waals surface area contributed by atoms with E-state index in [1.54, 1.807) is 12.1 Å². The number of hydrogen-bond donors (Lipinski definition) is 2. The monoisotopic (exact) mass is 700 g/mol. The van der Waals surface area contributed by atoms with Crippen molar-refractivity contribution in [3.05, 3.63) is 81.4 Å². The average Bonchev–Trinajstić information content (AvgIpc) is 3.64. The number of benzene rings is 2. The molecule has 2 aliphatic heterocycles. The molecule has 0 amide bonds. The molecule has 3 N–H and O–H groups in total. The molecule has 3 aromatic rings. The number of carbonyl (C=O) groups is 1. The predicted molar refractivity (Wildman–Crippen MR) is 198 cm³/mol. The van der Waals surface area contributed by atoms with Gasteiger partial charge in [0.25, 0.3) is 0 Å². The molecule has 3 heterocycles. The first-order valence-electron chi connectivity index (χ1n) is 16.4. The summed E-state index contributed by atoms with van der Waals surface area (Å²) in [4.78, 5) is 23.1. The molecule has 3 aliphatic rings. The molecule has 8 nitrogen and oxygen atoms in total. The Morgan fingerprint density at radius 2 is 1.96 bits per heavy atom. The van der Waals surface area contributed by atoms with Crippen molar-refractivity contribution in [2.24, 2.45) is 4.99 Å². The zero-order valence-electron chi connectivity index (χ0n) is 28.7. The maximum Gasteiger partial charge on any atom is 0.180 e. The number of halogens is 2. The number of ether oxygens (including phenoxy) is 1. The quantitative estimate of drug-likeness (QED) is 0.192. The Labute approximate surface area is 296 Å². The second kappa shape index (κ2) is 13.4. The molecule has 2 aromatic carbocycles. The van der Waals surface area contributed by atoms with Crippen LogP contribution in [0.4, 0.5) is 9.39 Å². The number of likely N-dealkylation sites (tertiary alicyclic amines) is 1. The van der Waals surface area contributed by atoms with Crippen molar-refractivity contribution in [3.63, 3.8) is 0 Å². The molecule has 1 fully saturated rings. The van der Waals surface area contributed by atoms with Crippen molar-refractivity contribution in [1.29, 1.82) is 5.26 Å². The van der Waals surface area contributed by atoms with E-state index in [-0.39, 0.29) is 35.1 Å². The third-order valence-electron chi connectivity index (χ3n) is 10.1. The van der Waals surface area contributed by atoms with Crippen molar-refractivity contribution in [2.45, 2.75) is 71.2 Å². The second-order valence-electron chi connectivity index (χ2n) is 13.9. The van der Waals surface area contributed by atoms with Gasteiger partial charge in [0.2, 0.25) is 0 Å². The number of amidine groups is 1. The van der Waals surface area contributed by atoms with Gasteiger partial charge in [-0.05, 0) is 88.5 Å². The van der Waals surface area contributed by atoms with Gasteiger partial charge < -0.3 is 25.6 Å². The fraction of sp³-hybridized carbons (Fsp3) is 0.395. The van der Waals surface area contributed by atoms with Crippen molar-refractivity contribution in [2.75, 3.05) is 32.9 Å². The van der Waals surface area contributed by atoms with Gasteiger partial charge in [-0.25, -0.2) is 4.39 Å². The maximum absolute atomic E-state index is 15.1. The molecule has 0 bridgehead atoms. The van der Waals surface area contributed by atoms with Gasteiger partial charge in [-0.15, -0.1) is 11.3 Å². The van der Waals surface area contributed by atoms with Gasteiger partial charge in [-0.3, -0.25) is 9.79 Å². The Balaban J connectivity index is 1.58. The Kier molecular flexibility index (Phi) is 9.50. The molecule has 6 rings (SSSR count). The summed E-state index contributed by atoms with van der Waals surface area (Å²) in [7, 11) is 4.14. The summed E-state index contributed by atoms with van der Waals surface area (Å²) in [5, 5.41) is 14.6. The number of allylic oxidation sites excluding steroid dienone is 2. The normalized spacial score (nSPS) is 20.3. The summed E-state index contributed by atoms with van der Waals surface area (Å²) in [6, 6.07) is 4.59. The highest BCUT2D eigenvalue weighted by Gasteiger charge is 2.42. The number of ketones is 1. The number of nitrogen functional groups attached to an aromatic ring is 1. The van der Waals surface area contributed by atoms with Gasteiger partial charge >= 0.3 is 0 Å². The number of nitrogens with zero attached hydrogens (tertiary/aromatic N) is 4. The van der Waals surface area contributed by atoms with Crippen LogP contribution in [0.5, 0.6) is 0 Å². The van der Waals surface area contributed by atoms with Crippen LogP contribution in [0.1, 0.15) is 74.3 Å². The smallest absolute Gasteiger partial charge is 0.180 e. The number of nitriles is 1.